The van der Waals surface area contributed by atoms with E-state index >= 15 is 0 Å². The molecular weight excluding hydrogens is 218 g/mol. The van der Waals surface area contributed by atoms with Crippen molar-refractivity contribution in [2.45, 2.75) is 26.3 Å². The second kappa shape index (κ2) is 4.86. The Morgan fingerprint density at radius 3 is 2.47 bits per heavy atom. The Labute approximate surface area is 100 Å². The normalized spacial score (nSPS) is 12.3. The van der Waals surface area contributed by atoms with E-state index in [4.69, 9.17) is 10.9 Å². The highest BCUT2D eigenvalue weighted by Gasteiger charge is 2.15. The molecule has 17 heavy (non-hydrogen) atoms. The van der Waals surface area contributed by atoms with E-state index < -0.39 is 0 Å². The topological polar surface area (TPSA) is 87.7 Å². The average Bonchev–Trinajstić information content (AvgIpc) is 2.26. The lowest BCUT2D eigenvalue weighted by molar-refractivity contribution is 0.0919. The molecule has 1 aromatic rings. The van der Waals surface area contributed by atoms with E-state index in [-0.39, 0.29) is 17.3 Å². The number of amidine groups is 1. The fourth-order valence-electron chi connectivity index (χ4n) is 1.29. The van der Waals surface area contributed by atoms with Gasteiger partial charge in [-0.2, -0.15) is 0 Å². The summed E-state index contributed by atoms with van der Waals surface area (Å²) in [4.78, 5) is 11.9. The van der Waals surface area contributed by atoms with Crippen molar-refractivity contribution in [3.05, 3.63) is 35.4 Å². The molecule has 0 saturated carbocycles. The molecule has 1 aromatic carbocycles. The van der Waals surface area contributed by atoms with Crippen LogP contribution in [0.5, 0.6) is 0 Å². The average molecular weight is 235 g/mol. The minimum absolute atomic E-state index is 0.0181. The minimum atomic E-state index is -0.302. The summed E-state index contributed by atoms with van der Waals surface area (Å²) in [6.07, 6.45) is 0. The van der Waals surface area contributed by atoms with Crippen LogP contribution in [-0.2, 0) is 0 Å². The maximum Gasteiger partial charge on any atom is 0.251 e. The van der Waals surface area contributed by atoms with Crippen molar-refractivity contribution in [1.29, 1.82) is 0 Å². The Hall–Kier alpha value is -2.04. The summed E-state index contributed by atoms with van der Waals surface area (Å²) in [5, 5.41) is 14.3. The molecule has 5 nitrogen and oxygen atoms in total. The van der Waals surface area contributed by atoms with Gasteiger partial charge in [-0.25, -0.2) is 0 Å². The molecule has 0 bridgehead atoms. The third-order valence-electron chi connectivity index (χ3n) is 2.02. The van der Waals surface area contributed by atoms with Crippen molar-refractivity contribution < 1.29 is 10.0 Å². The first kappa shape index (κ1) is 13.0. The van der Waals surface area contributed by atoms with Gasteiger partial charge >= 0.3 is 0 Å². The number of nitrogens with one attached hydrogen (secondary N) is 1. The first-order valence-electron chi connectivity index (χ1n) is 5.24. The molecule has 0 atom stereocenters. The fraction of sp³-hybridized carbons (Fsp3) is 0.333. The molecule has 5 heteroatoms. The number of hydrogen-bond donors (Lipinski definition) is 3. The first-order chi connectivity index (χ1) is 7.83. The molecule has 0 heterocycles. The van der Waals surface area contributed by atoms with Crippen LogP contribution >= 0.6 is 0 Å². The molecule has 0 spiro atoms. The highest BCUT2D eigenvalue weighted by atomic mass is 16.4. The summed E-state index contributed by atoms with van der Waals surface area (Å²) in [7, 11) is 0. The summed E-state index contributed by atoms with van der Waals surface area (Å²) in [5.74, 6) is -0.208. The van der Waals surface area contributed by atoms with Crippen LogP contribution in [0.15, 0.2) is 29.4 Å². The molecule has 4 N–H and O–H groups in total. The third-order valence-corrected chi connectivity index (χ3v) is 2.02. The van der Waals surface area contributed by atoms with Crippen molar-refractivity contribution >= 4 is 11.7 Å². The summed E-state index contributed by atoms with van der Waals surface area (Å²) in [6, 6.07) is 6.61. The Morgan fingerprint density at radius 2 is 1.94 bits per heavy atom. The fourth-order valence-corrected chi connectivity index (χ4v) is 1.29. The highest BCUT2D eigenvalue weighted by Crippen LogP contribution is 2.07. The Morgan fingerprint density at radius 1 is 1.35 bits per heavy atom. The Bertz CT molecular complexity index is 447. The smallest absolute Gasteiger partial charge is 0.251 e. The van der Waals surface area contributed by atoms with E-state index in [1.165, 1.54) is 0 Å². The number of oxime groups is 1. The maximum absolute atomic E-state index is 11.9. The molecule has 0 aliphatic rings. The molecule has 0 aromatic heterocycles. The predicted octanol–water partition coefficient (Wildman–Crippen LogP) is 1.31. The second-order valence-electron chi connectivity index (χ2n) is 4.77. The Kier molecular flexibility index (Phi) is 3.73. The summed E-state index contributed by atoms with van der Waals surface area (Å²) in [5.41, 5.74) is 6.14. The van der Waals surface area contributed by atoms with Crippen LogP contribution in [-0.4, -0.2) is 22.5 Å². The molecule has 0 radical (unpaired) electrons. The van der Waals surface area contributed by atoms with Crippen LogP contribution in [0.4, 0.5) is 0 Å². The first-order valence-corrected chi connectivity index (χ1v) is 5.24. The van der Waals surface area contributed by atoms with Crippen molar-refractivity contribution in [2.24, 2.45) is 10.9 Å². The number of amides is 1. The Balaban J connectivity index is 2.96. The molecule has 0 fully saturated rings. The van der Waals surface area contributed by atoms with Crippen LogP contribution in [0.25, 0.3) is 0 Å². The quantitative estimate of drug-likeness (QED) is 0.312. The SMILES string of the molecule is CC(C)(C)NC(=O)c1cccc(/C(N)=N/O)c1. The van der Waals surface area contributed by atoms with E-state index in [0.717, 1.165) is 0 Å². The van der Waals surface area contributed by atoms with Gasteiger partial charge in [0.05, 0.1) is 0 Å². The molecule has 1 amide bonds. The highest BCUT2D eigenvalue weighted by molar-refractivity contribution is 6.01. The van der Waals surface area contributed by atoms with Crippen molar-refractivity contribution in [3.8, 4) is 0 Å². The maximum atomic E-state index is 11.9. The van der Waals surface area contributed by atoms with E-state index in [9.17, 15) is 4.79 Å². The minimum Gasteiger partial charge on any atom is -0.409 e. The molecule has 0 aliphatic heterocycles. The van der Waals surface area contributed by atoms with E-state index in [2.05, 4.69) is 10.5 Å². The van der Waals surface area contributed by atoms with Gasteiger partial charge in [0, 0.05) is 16.7 Å². The van der Waals surface area contributed by atoms with Gasteiger partial charge in [-0.3, -0.25) is 4.79 Å². The van der Waals surface area contributed by atoms with Crippen LogP contribution in [0.2, 0.25) is 0 Å². The van der Waals surface area contributed by atoms with E-state index in [1.54, 1.807) is 24.3 Å². The third kappa shape index (κ3) is 3.79. The largest absolute Gasteiger partial charge is 0.409 e. The van der Waals surface area contributed by atoms with Gasteiger partial charge in [0.1, 0.15) is 0 Å². The number of hydrogen-bond acceptors (Lipinski definition) is 3. The molecular formula is C12H17N3O2. The van der Waals surface area contributed by atoms with Crippen molar-refractivity contribution in [3.63, 3.8) is 0 Å². The van der Waals surface area contributed by atoms with Gasteiger partial charge in [-0.1, -0.05) is 17.3 Å². The standard InChI is InChI=1S/C12H17N3O2/c1-12(2,3)14-11(16)9-6-4-5-8(7-9)10(13)15-17/h4-7,17H,1-3H3,(H2,13,15)(H,14,16). The van der Waals surface area contributed by atoms with Gasteiger partial charge < -0.3 is 16.3 Å². The lowest BCUT2D eigenvalue weighted by atomic mass is 10.1. The number of benzene rings is 1. The molecule has 0 unspecified atom stereocenters. The zero-order chi connectivity index (χ0) is 13.1. The van der Waals surface area contributed by atoms with Crippen LogP contribution < -0.4 is 11.1 Å². The summed E-state index contributed by atoms with van der Waals surface area (Å²) >= 11 is 0. The number of nitrogens with zero attached hydrogens (tertiary/aromatic N) is 1. The van der Waals surface area contributed by atoms with Gasteiger partial charge in [-0.05, 0) is 32.9 Å². The number of carbonyl (C=O) groups excluding carboxylic acids is 1. The number of nitrogens with two attached hydrogens (primary N) is 1. The van der Waals surface area contributed by atoms with Gasteiger partial charge in [-0.15, -0.1) is 0 Å². The zero-order valence-electron chi connectivity index (χ0n) is 10.2. The van der Waals surface area contributed by atoms with Gasteiger partial charge in [0.2, 0.25) is 0 Å². The lowest BCUT2D eigenvalue weighted by Crippen LogP contribution is -2.40. The summed E-state index contributed by atoms with van der Waals surface area (Å²) in [6.45, 7) is 5.70. The van der Waals surface area contributed by atoms with E-state index in [0.29, 0.717) is 11.1 Å². The lowest BCUT2D eigenvalue weighted by Gasteiger charge is -2.20. The van der Waals surface area contributed by atoms with Crippen LogP contribution in [0, 0.1) is 0 Å². The van der Waals surface area contributed by atoms with Gasteiger partial charge in [0.25, 0.3) is 5.91 Å². The number of rotatable bonds is 2. The number of carbonyl (C=O) groups is 1. The van der Waals surface area contributed by atoms with Crippen molar-refractivity contribution in [2.75, 3.05) is 0 Å². The van der Waals surface area contributed by atoms with Crippen LogP contribution in [0.1, 0.15) is 36.7 Å². The summed E-state index contributed by atoms with van der Waals surface area (Å²) < 4.78 is 0. The van der Waals surface area contributed by atoms with Crippen molar-refractivity contribution in [1.82, 2.24) is 5.32 Å². The molecule has 1 rings (SSSR count). The molecule has 92 valence electrons. The monoisotopic (exact) mass is 235 g/mol. The molecule has 0 saturated heterocycles. The second-order valence-corrected chi connectivity index (χ2v) is 4.77. The predicted molar refractivity (Wildman–Crippen MR) is 66.2 cm³/mol. The zero-order valence-corrected chi connectivity index (χ0v) is 10.2. The van der Waals surface area contributed by atoms with Gasteiger partial charge in [0.15, 0.2) is 5.84 Å². The molecule has 0 aliphatic carbocycles. The van der Waals surface area contributed by atoms with E-state index in [1.807, 2.05) is 20.8 Å². The van der Waals surface area contributed by atoms with Crippen LogP contribution in [0.3, 0.4) is 0 Å².